The first-order chi connectivity index (χ1) is 17.5. The molecule has 0 radical (unpaired) electrons. The third kappa shape index (κ3) is 6.28. The van der Waals surface area contributed by atoms with Crippen molar-refractivity contribution in [3.8, 4) is 17.0 Å². The fraction of sp³-hybridized carbons (Fsp3) is 0.318. The Morgan fingerprint density at radius 1 is 1.16 bits per heavy atom. The Hall–Kier alpha value is -2.19. The van der Waals surface area contributed by atoms with Crippen LogP contribution in [0.15, 0.2) is 36.5 Å². The highest BCUT2D eigenvalue weighted by atomic mass is 35.5. The summed E-state index contributed by atoms with van der Waals surface area (Å²) in [6.07, 6.45) is -2.14. The number of halogens is 5. The van der Waals surface area contributed by atoms with Crippen LogP contribution in [0.5, 0.6) is 5.75 Å². The third-order valence-electron chi connectivity index (χ3n) is 5.46. The molecule has 0 amide bonds. The number of aliphatic carboxylic acids is 1. The first-order valence-corrected chi connectivity index (χ1v) is 12.2. The van der Waals surface area contributed by atoms with Gasteiger partial charge in [-0.2, -0.15) is 0 Å². The monoisotopic (exact) mass is 595 g/mol. The largest absolute Gasteiger partial charge is 0.491 e. The van der Waals surface area contributed by atoms with Gasteiger partial charge >= 0.3 is 5.97 Å². The van der Waals surface area contributed by atoms with E-state index in [0.29, 0.717) is 10.8 Å². The van der Waals surface area contributed by atoms with Crippen LogP contribution in [0.25, 0.3) is 11.3 Å². The lowest BCUT2D eigenvalue weighted by Crippen LogP contribution is -2.56. The highest BCUT2D eigenvalue weighted by molar-refractivity contribution is 7.80. The topological polar surface area (TPSA) is 116 Å². The molecule has 0 spiro atoms. The van der Waals surface area contributed by atoms with Gasteiger partial charge in [-0.1, -0.05) is 40.0 Å². The first kappa shape index (κ1) is 27.8. The summed E-state index contributed by atoms with van der Waals surface area (Å²) in [7, 11) is 0. The van der Waals surface area contributed by atoms with Crippen molar-refractivity contribution < 1.29 is 38.0 Å². The molecule has 2 heterocycles. The number of hydrogen-bond acceptors (Lipinski definition) is 8. The molecule has 1 saturated heterocycles. The second kappa shape index (κ2) is 11.7. The van der Waals surface area contributed by atoms with Crippen LogP contribution in [0.3, 0.4) is 0 Å². The fourth-order valence-corrected chi connectivity index (χ4v) is 4.53. The predicted octanol–water partition coefficient (Wildman–Crippen LogP) is 4.29. The minimum absolute atomic E-state index is 0.0390. The quantitative estimate of drug-likeness (QED) is 0.261. The Labute approximate surface area is 229 Å². The van der Waals surface area contributed by atoms with E-state index in [2.05, 4.69) is 22.9 Å². The van der Waals surface area contributed by atoms with Gasteiger partial charge in [0.25, 0.3) is 0 Å². The number of carboxylic acids is 1. The van der Waals surface area contributed by atoms with Crippen LogP contribution in [-0.2, 0) is 14.3 Å². The van der Waals surface area contributed by atoms with E-state index >= 15 is 0 Å². The van der Waals surface area contributed by atoms with Gasteiger partial charge in [-0.15, -0.1) is 17.7 Å². The number of aromatic nitrogens is 3. The molecule has 0 bridgehead atoms. The summed E-state index contributed by atoms with van der Waals surface area (Å²) in [5.41, 5.74) is -0.921. The van der Waals surface area contributed by atoms with E-state index < -0.39 is 59.0 Å². The number of aliphatic hydroxyl groups excluding tert-OH is 1. The molecular formula is C22H18Cl3F2N3O6S. The molecule has 1 fully saturated rings. The normalized spacial score (nSPS) is 23.7. The Morgan fingerprint density at radius 3 is 2.51 bits per heavy atom. The molecule has 3 aromatic rings. The number of ether oxygens (including phenoxy) is 3. The molecule has 1 aliphatic heterocycles. The van der Waals surface area contributed by atoms with Crippen LogP contribution in [-0.4, -0.2) is 68.1 Å². The van der Waals surface area contributed by atoms with Crippen molar-refractivity contribution in [1.29, 1.82) is 0 Å². The van der Waals surface area contributed by atoms with Gasteiger partial charge in [-0.25, -0.2) is 18.3 Å². The number of hydrogen-bond donors (Lipinski definition) is 3. The van der Waals surface area contributed by atoms with Crippen molar-refractivity contribution in [2.24, 2.45) is 0 Å². The van der Waals surface area contributed by atoms with Crippen LogP contribution >= 0.6 is 47.4 Å². The van der Waals surface area contributed by atoms with Crippen LogP contribution in [0.1, 0.15) is 6.04 Å². The lowest BCUT2D eigenvalue weighted by Gasteiger charge is -2.42. The number of rotatable bonds is 8. The van der Waals surface area contributed by atoms with Gasteiger partial charge in [0.15, 0.2) is 0 Å². The van der Waals surface area contributed by atoms with E-state index in [1.54, 1.807) is 6.07 Å². The minimum atomic E-state index is -1.36. The highest BCUT2D eigenvalue weighted by Gasteiger charge is 2.47. The van der Waals surface area contributed by atoms with Crippen molar-refractivity contribution in [3.05, 3.63) is 63.2 Å². The predicted molar refractivity (Wildman–Crippen MR) is 132 cm³/mol. The number of carbonyl (C=O) groups is 1. The molecule has 9 nitrogen and oxygen atoms in total. The second-order valence-corrected chi connectivity index (χ2v) is 9.64. The SMILES string of the molecule is O=C(O)CO[C@@H]1[C@@H](n2cc(-c3cc(F)c(Cl)c(F)c3)nn2)[C@@H](O)[C@@H](COc2ccc(Cl)c(Cl)c2)O[C@@H]1S. The number of carboxylic acid groups (broad SMARTS) is 1. The Morgan fingerprint density at radius 2 is 1.86 bits per heavy atom. The van der Waals surface area contributed by atoms with Gasteiger partial charge in [0.1, 0.15) is 71.1 Å². The van der Waals surface area contributed by atoms with E-state index in [9.17, 15) is 18.7 Å². The van der Waals surface area contributed by atoms with Crippen molar-refractivity contribution in [1.82, 2.24) is 15.0 Å². The van der Waals surface area contributed by atoms with Crippen molar-refractivity contribution in [3.63, 3.8) is 0 Å². The highest BCUT2D eigenvalue weighted by Crippen LogP contribution is 2.35. The molecule has 1 aliphatic rings. The van der Waals surface area contributed by atoms with Crippen molar-refractivity contribution in [2.45, 2.75) is 29.8 Å². The Kier molecular flexibility index (Phi) is 8.79. The zero-order chi connectivity index (χ0) is 26.9. The summed E-state index contributed by atoms with van der Waals surface area (Å²) in [5, 5.41) is 28.1. The number of benzene rings is 2. The Balaban J connectivity index is 1.61. The maximum atomic E-state index is 14.0. The number of thiol groups is 1. The fourth-order valence-electron chi connectivity index (χ4n) is 3.72. The Bertz CT molecular complexity index is 1280. The van der Waals surface area contributed by atoms with Crippen LogP contribution in [0.2, 0.25) is 15.1 Å². The molecule has 0 aliphatic carbocycles. The zero-order valence-electron chi connectivity index (χ0n) is 18.5. The maximum Gasteiger partial charge on any atom is 0.329 e. The molecule has 0 unspecified atom stereocenters. The third-order valence-corrected chi connectivity index (χ3v) is 6.98. The maximum absolute atomic E-state index is 14.0. The van der Waals surface area contributed by atoms with E-state index in [-0.39, 0.29) is 22.9 Å². The molecule has 2 aromatic carbocycles. The lowest BCUT2D eigenvalue weighted by molar-refractivity contribution is -0.194. The average Bonchev–Trinajstić information content (AvgIpc) is 3.33. The molecule has 37 heavy (non-hydrogen) atoms. The van der Waals surface area contributed by atoms with Gasteiger partial charge in [0.2, 0.25) is 0 Å². The molecule has 15 heteroatoms. The van der Waals surface area contributed by atoms with Gasteiger partial charge in [0, 0.05) is 11.6 Å². The minimum Gasteiger partial charge on any atom is -0.491 e. The summed E-state index contributed by atoms with van der Waals surface area (Å²) >= 11 is 21.8. The van der Waals surface area contributed by atoms with Gasteiger partial charge < -0.3 is 24.4 Å². The standard InChI is InChI=1S/C22H18Cl3F2N3O6S/c23-11-2-1-10(5-12(11)24)34-7-16-20(33)19(21(22(37)36-16)35-8-17(31)32)30-6-15(28-29-30)9-3-13(26)18(25)14(27)4-9/h1-6,16,19-22,33,37H,7-8H2,(H,31,32)/t16-,19+,20+,21-,22-/m1/s1. The lowest BCUT2D eigenvalue weighted by atomic mass is 9.97. The van der Waals surface area contributed by atoms with E-state index in [1.165, 1.54) is 23.0 Å². The van der Waals surface area contributed by atoms with Crippen LogP contribution in [0, 0.1) is 11.6 Å². The average molecular weight is 597 g/mol. The summed E-state index contributed by atoms with van der Waals surface area (Å²) < 4.78 is 46.0. The molecule has 0 saturated carbocycles. The van der Waals surface area contributed by atoms with Crippen molar-refractivity contribution >= 4 is 53.4 Å². The van der Waals surface area contributed by atoms with E-state index in [0.717, 1.165) is 12.1 Å². The number of aliphatic hydroxyl groups is 1. The van der Waals surface area contributed by atoms with E-state index in [1.807, 2.05) is 0 Å². The van der Waals surface area contributed by atoms with Gasteiger partial charge in [-0.05, 0) is 24.3 Å². The van der Waals surface area contributed by atoms with Crippen LogP contribution < -0.4 is 4.74 Å². The van der Waals surface area contributed by atoms with Crippen molar-refractivity contribution in [2.75, 3.05) is 13.2 Å². The molecule has 4 rings (SSSR count). The summed E-state index contributed by atoms with van der Waals surface area (Å²) in [6, 6.07) is 5.49. The first-order valence-electron chi connectivity index (χ1n) is 10.5. The van der Waals surface area contributed by atoms with Gasteiger partial charge in [-0.3, -0.25) is 0 Å². The molecule has 2 N–H and O–H groups in total. The molecular weight excluding hydrogens is 579 g/mol. The summed E-state index contributed by atoms with van der Waals surface area (Å²) in [6.45, 7) is -0.874. The molecule has 198 valence electrons. The summed E-state index contributed by atoms with van der Waals surface area (Å²) in [5.74, 6) is -2.88. The smallest absolute Gasteiger partial charge is 0.329 e. The molecule has 1 aromatic heterocycles. The second-order valence-electron chi connectivity index (χ2n) is 7.94. The zero-order valence-corrected chi connectivity index (χ0v) is 21.6. The number of nitrogens with zero attached hydrogens (tertiary/aromatic N) is 3. The summed E-state index contributed by atoms with van der Waals surface area (Å²) in [4.78, 5) is 11.1. The van der Waals surface area contributed by atoms with E-state index in [4.69, 9.17) is 54.1 Å². The molecule has 5 atom stereocenters. The van der Waals surface area contributed by atoms with Gasteiger partial charge in [0.05, 0.1) is 16.2 Å². The van der Waals surface area contributed by atoms with Crippen LogP contribution in [0.4, 0.5) is 8.78 Å².